The summed E-state index contributed by atoms with van der Waals surface area (Å²) in [6.07, 6.45) is 5.61. The number of carbonyl (C=O) groups is 1. The highest BCUT2D eigenvalue weighted by Gasteiger charge is 2.17. The molecule has 0 radical (unpaired) electrons. The Morgan fingerprint density at radius 3 is 3.13 bits per heavy atom. The Labute approximate surface area is 88.7 Å². The van der Waals surface area contributed by atoms with Crippen molar-refractivity contribution in [3.63, 3.8) is 0 Å². The van der Waals surface area contributed by atoms with Gasteiger partial charge in [0.05, 0.1) is 12.7 Å². The van der Waals surface area contributed by atoms with Crippen molar-refractivity contribution in [3.8, 4) is 0 Å². The normalized spacial score (nSPS) is 20.2. The first-order valence-corrected chi connectivity index (χ1v) is 5.08. The van der Waals surface area contributed by atoms with E-state index < -0.39 is 0 Å². The number of aromatic nitrogens is 1. The van der Waals surface area contributed by atoms with Crippen LogP contribution in [0.15, 0.2) is 18.5 Å². The van der Waals surface area contributed by atoms with Gasteiger partial charge in [-0.05, 0) is 31.0 Å². The van der Waals surface area contributed by atoms with Crippen LogP contribution in [-0.2, 0) is 4.74 Å². The highest BCUT2D eigenvalue weighted by Crippen LogP contribution is 2.22. The Morgan fingerprint density at radius 2 is 2.47 bits per heavy atom. The van der Waals surface area contributed by atoms with Gasteiger partial charge in [-0.25, -0.2) is 4.79 Å². The van der Waals surface area contributed by atoms with E-state index in [1.165, 1.54) is 19.7 Å². The van der Waals surface area contributed by atoms with E-state index in [0.717, 1.165) is 18.5 Å². The molecule has 1 aromatic heterocycles. The van der Waals surface area contributed by atoms with Crippen LogP contribution in [0.4, 0.5) is 0 Å². The van der Waals surface area contributed by atoms with E-state index in [4.69, 9.17) is 0 Å². The largest absolute Gasteiger partial charge is 0.465 e. The first-order valence-electron chi connectivity index (χ1n) is 5.08. The Hall–Kier alpha value is -1.42. The van der Waals surface area contributed by atoms with Crippen molar-refractivity contribution >= 4 is 5.97 Å². The summed E-state index contributed by atoms with van der Waals surface area (Å²) in [4.78, 5) is 15.4. The van der Waals surface area contributed by atoms with Crippen LogP contribution in [0, 0.1) is 0 Å². The first-order chi connectivity index (χ1) is 7.31. The quantitative estimate of drug-likeness (QED) is 0.741. The van der Waals surface area contributed by atoms with Crippen LogP contribution in [0.25, 0.3) is 0 Å². The summed E-state index contributed by atoms with van der Waals surface area (Å²) in [7, 11) is 1.38. The van der Waals surface area contributed by atoms with Gasteiger partial charge in [-0.1, -0.05) is 0 Å². The van der Waals surface area contributed by atoms with Gasteiger partial charge in [-0.15, -0.1) is 0 Å². The van der Waals surface area contributed by atoms with Crippen LogP contribution in [0.5, 0.6) is 0 Å². The maximum atomic E-state index is 11.3. The second-order valence-electron chi connectivity index (χ2n) is 3.65. The van der Waals surface area contributed by atoms with E-state index >= 15 is 0 Å². The molecule has 0 aromatic carbocycles. The fourth-order valence-electron chi connectivity index (χ4n) is 1.85. The average Bonchev–Trinajstić information content (AvgIpc) is 2.82. The van der Waals surface area contributed by atoms with Gasteiger partial charge >= 0.3 is 5.97 Å². The van der Waals surface area contributed by atoms with E-state index in [2.05, 4.69) is 15.0 Å². The number of ether oxygens (including phenoxy) is 1. The summed E-state index contributed by atoms with van der Waals surface area (Å²) < 4.78 is 4.65. The number of carbonyl (C=O) groups excluding carboxylic acids is 1. The Morgan fingerprint density at radius 1 is 1.60 bits per heavy atom. The van der Waals surface area contributed by atoms with Crippen molar-refractivity contribution in [1.29, 1.82) is 0 Å². The SMILES string of the molecule is COC(=O)c1cncc([C@H]2CCCN2)c1. The lowest BCUT2D eigenvalue weighted by molar-refractivity contribution is 0.0600. The molecule has 1 N–H and O–H groups in total. The topological polar surface area (TPSA) is 51.2 Å². The van der Waals surface area contributed by atoms with Gasteiger partial charge < -0.3 is 10.1 Å². The Balaban J connectivity index is 2.21. The lowest BCUT2D eigenvalue weighted by atomic mass is 10.1. The predicted molar refractivity (Wildman–Crippen MR) is 55.6 cm³/mol. The number of esters is 1. The molecule has 0 unspecified atom stereocenters. The molecule has 1 atom stereocenters. The second-order valence-corrected chi connectivity index (χ2v) is 3.65. The molecule has 1 saturated heterocycles. The van der Waals surface area contributed by atoms with E-state index in [-0.39, 0.29) is 5.97 Å². The number of nitrogens with one attached hydrogen (secondary N) is 1. The highest BCUT2D eigenvalue weighted by molar-refractivity contribution is 5.89. The minimum Gasteiger partial charge on any atom is -0.465 e. The van der Waals surface area contributed by atoms with Crippen molar-refractivity contribution in [2.45, 2.75) is 18.9 Å². The van der Waals surface area contributed by atoms with E-state index in [1.807, 2.05) is 6.07 Å². The molecule has 15 heavy (non-hydrogen) atoms. The summed E-state index contributed by atoms with van der Waals surface area (Å²) >= 11 is 0. The van der Waals surface area contributed by atoms with Gasteiger partial charge in [0, 0.05) is 18.4 Å². The molecule has 0 amide bonds. The summed E-state index contributed by atoms with van der Waals surface area (Å²) in [5.41, 5.74) is 1.58. The number of hydrogen-bond acceptors (Lipinski definition) is 4. The van der Waals surface area contributed by atoms with Gasteiger partial charge in [-0.2, -0.15) is 0 Å². The van der Waals surface area contributed by atoms with Crippen LogP contribution in [0.3, 0.4) is 0 Å². The smallest absolute Gasteiger partial charge is 0.339 e. The number of nitrogens with zero attached hydrogens (tertiary/aromatic N) is 1. The molecule has 0 aliphatic carbocycles. The Kier molecular flexibility index (Phi) is 2.97. The molecule has 0 saturated carbocycles. The van der Waals surface area contributed by atoms with Gasteiger partial charge in [0.25, 0.3) is 0 Å². The predicted octanol–water partition coefficient (Wildman–Crippen LogP) is 1.29. The van der Waals surface area contributed by atoms with Gasteiger partial charge in [0.15, 0.2) is 0 Å². The third-order valence-corrected chi connectivity index (χ3v) is 2.64. The maximum Gasteiger partial charge on any atom is 0.339 e. The summed E-state index contributed by atoms with van der Waals surface area (Å²) in [5, 5.41) is 3.36. The molecule has 80 valence electrons. The minimum atomic E-state index is -0.331. The van der Waals surface area contributed by atoms with Gasteiger partial charge in [0.1, 0.15) is 0 Å². The molecular formula is C11H14N2O2. The van der Waals surface area contributed by atoms with E-state index in [9.17, 15) is 4.79 Å². The summed E-state index contributed by atoms with van der Waals surface area (Å²) in [5.74, 6) is -0.331. The number of pyridine rings is 1. The van der Waals surface area contributed by atoms with Crippen molar-refractivity contribution in [3.05, 3.63) is 29.6 Å². The van der Waals surface area contributed by atoms with Crippen molar-refractivity contribution < 1.29 is 9.53 Å². The van der Waals surface area contributed by atoms with Gasteiger partial charge in [0.2, 0.25) is 0 Å². The molecule has 4 nitrogen and oxygen atoms in total. The van der Waals surface area contributed by atoms with Crippen LogP contribution in [0.2, 0.25) is 0 Å². The molecule has 2 heterocycles. The zero-order valence-corrected chi connectivity index (χ0v) is 8.69. The zero-order valence-electron chi connectivity index (χ0n) is 8.69. The lowest BCUT2D eigenvalue weighted by Gasteiger charge is -2.10. The fraction of sp³-hybridized carbons (Fsp3) is 0.455. The van der Waals surface area contributed by atoms with Crippen LogP contribution in [-0.4, -0.2) is 24.6 Å². The maximum absolute atomic E-state index is 11.3. The van der Waals surface area contributed by atoms with Crippen LogP contribution < -0.4 is 5.32 Å². The van der Waals surface area contributed by atoms with E-state index in [1.54, 1.807) is 6.20 Å². The molecular weight excluding hydrogens is 192 g/mol. The molecule has 4 heteroatoms. The number of methoxy groups -OCH3 is 1. The lowest BCUT2D eigenvalue weighted by Crippen LogP contribution is -2.14. The minimum absolute atomic E-state index is 0.331. The standard InChI is InChI=1S/C11H14N2O2/c1-15-11(14)9-5-8(6-12-7-9)10-3-2-4-13-10/h5-7,10,13H,2-4H2,1H3/t10-/m1/s1. The third-order valence-electron chi connectivity index (χ3n) is 2.64. The molecule has 1 aliphatic rings. The first kappa shape index (κ1) is 10.1. The van der Waals surface area contributed by atoms with Gasteiger partial charge in [-0.3, -0.25) is 4.98 Å². The van der Waals surface area contributed by atoms with Crippen molar-refractivity contribution in [2.24, 2.45) is 0 Å². The molecule has 1 aromatic rings. The second kappa shape index (κ2) is 4.40. The fourth-order valence-corrected chi connectivity index (χ4v) is 1.85. The molecule has 0 spiro atoms. The van der Waals surface area contributed by atoms with Crippen molar-refractivity contribution in [1.82, 2.24) is 10.3 Å². The average molecular weight is 206 g/mol. The monoisotopic (exact) mass is 206 g/mol. The zero-order chi connectivity index (χ0) is 10.7. The molecule has 1 aliphatic heterocycles. The van der Waals surface area contributed by atoms with Crippen LogP contribution >= 0.6 is 0 Å². The molecule has 1 fully saturated rings. The van der Waals surface area contributed by atoms with Crippen molar-refractivity contribution in [2.75, 3.05) is 13.7 Å². The van der Waals surface area contributed by atoms with E-state index in [0.29, 0.717) is 11.6 Å². The summed E-state index contributed by atoms with van der Waals surface area (Å²) in [6, 6.07) is 2.18. The number of hydrogen-bond donors (Lipinski definition) is 1. The highest BCUT2D eigenvalue weighted by atomic mass is 16.5. The molecule has 0 bridgehead atoms. The number of rotatable bonds is 2. The third kappa shape index (κ3) is 2.15. The molecule has 2 rings (SSSR count). The summed E-state index contributed by atoms with van der Waals surface area (Å²) in [6.45, 7) is 1.03. The Bertz CT molecular complexity index is 359. The van der Waals surface area contributed by atoms with Crippen LogP contribution in [0.1, 0.15) is 34.8 Å².